The Morgan fingerprint density at radius 2 is 1.87 bits per heavy atom. The van der Waals surface area contributed by atoms with Crippen LogP contribution in [0.3, 0.4) is 0 Å². The van der Waals surface area contributed by atoms with Crippen LogP contribution in [0, 0.1) is 0 Å². The largest absolute Gasteiger partial charge is 0.489 e. The van der Waals surface area contributed by atoms with Gasteiger partial charge in [0.2, 0.25) is 0 Å². The van der Waals surface area contributed by atoms with Gasteiger partial charge in [0.25, 0.3) is 0 Å². The van der Waals surface area contributed by atoms with Crippen LogP contribution < -0.4 is 10.1 Å². The molecule has 0 aromatic carbocycles. The third-order valence-electron chi connectivity index (χ3n) is 6.82. The molecule has 0 spiro atoms. The molecule has 3 N–H and O–H groups in total. The van der Waals surface area contributed by atoms with Crippen LogP contribution >= 0.6 is 11.3 Å². The topological polar surface area (TPSA) is 134 Å². The van der Waals surface area contributed by atoms with Gasteiger partial charge in [-0.05, 0) is 69.3 Å². The summed E-state index contributed by atoms with van der Waals surface area (Å²) < 4.78 is 6.19. The van der Waals surface area contributed by atoms with Crippen LogP contribution in [0.5, 0.6) is 5.75 Å². The Bertz CT molecular complexity index is 1830. The van der Waals surface area contributed by atoms with Crippen LogP contribution in [0.15, 0.2) is 55.0 Å². The highest BCUT2D eigenvalue weighted by molar-refractivity contribution is 7.17. The van der Waals surface area contributed by atoms with E-state index in [-0.39, 0.29) is 11.9 Å². The monoisotopic (exact) mass is 536 g/mol. The summed E-state index contributed by atoms with van der Waals surface area (Å²) in [6, 6.07) is 11.5. The number of carbonyl (C=O) groups is 1. The second-order valence-electron chi connectivity index (χ2n) is 9.50. The maximum Gasteiger partial charge on any atom is 0.169 e. The van der Waals surface area contributed by atoms with Crippen molar-refractivity contribution in [2.45, 2.75) is 25.9 Å². The smallest absolute Gasteiger partial charge is 0.169 e. The number of rotatable bonds is 6. The quantitative estimate of drug-likeness (QED) is 0.253. The molecule has 0 atom stereocenters. The van der Waals surface area contributed by atoms with Gasteiger partial charge in [-0.2, -0.15) is 5.10 Å². The van der Waals surface area contributed by atoms with Gasteiger partial charge in [0.15, 0.2) is 17.3 Å². The van der Waals surface area contributed by atoms with E-state index in [1.54, 1.807) is 25.5 Å². The van der Waals surface area contributed by atoms with Crippen LogP contribution in [0.4, 0.5) is 0 Å². The molecular formula is C28H24N8O2S. The lowest BCUT2D eigenvalue weighted by molar-refractivity contribution is 0.102. The number of carbonyl (C=O) groups excluding carboxylic acids is 1. The van der Waals surface area contributed by atoms with Crippen molar-refractivity contribution in [3.8, 4) is 39.1 Å². The predicted octanol–water partition coefficient (Wildman–Crippen LogP) is 5.02. The summed E-state index contributed by atoms with van der Waals surface area (Å²) in [5.74, 6) is 1.36. The molecule has 7 heterocycles. The first-order valence-corrected chi connectivity index (χ1v) is 13.6. The van der Waals surface area contributed by atoms with E-state index in [1.807, 2.05) is 36.4 Å². The first kappa shape index (κ1) is 23.6. The lowest BCUT2D eigenvalue weighted by atomic mass is 10.1. The van der Waals surface area contributed by atoms with Crippen molar-refractivity contribution in [3.05, 3.63) is 59.9 Å². The molecule has 39 heavy (non-hydrogen) atoms. The maximum atomic E-state index is 11.8. The zero-order valence-corrected chi connectivity index (χ0v) is 21.9. The number of fused-ring (bicyclic) bond motifs is 2. The van der Waals surface area contributed by atoms with Crippen molar-refractivity contribution in [3.63, 3.8) is 0 Å². The van der Waals surface area contributed by atoms with Gasteiger partial charge >= 0.3 is 0 Å². The summed E-state index contributed by atoms with van der Waals surface area (Å²) >= 11 is 1.41. The molecule has 1 fully saturated rings. The number of pyridine rings is 3. The molecule has 11 heteroatoms. The fraction of sp³-hybridized carbons (Fsp3) is 0.214. The maximum absolute atomic E-state index is 11.8. The number of ether oxygens (including phenoxy) is 1. The number of hydrogen-bond donors (Lipinski definition) is 3. The van der Waals surface area contributed by atoms with Gasteiger partial charge in [-0.3, -0.25) is 19.9 Å². The third-order valence-corrected chi connectivity index (χ3v) is 8.01. The van der Waals surface area contributed by atoms with Gasteiger partial charge in [-0.25, -0.2) is 9.97 Å². The van der Waals surface area contributed by atoms with Gasteiger partial charge in [0.05, 0.1) is 32.7 Å². The summed E-state index contributed by atoms with van der Waals surface area (Å²) in [5, 5.41) is 11.0. The zero-order valence-electron chi connectivity index (χ0n) is 21.1. The van der Waals surface area contributed by atoms with E-state index in [1.165, 1.54) is 11.3 Å². The first-order valence-electron chi connectivity index (χ1n) is 12.8. The number of hydrogen-bond acceptors (Lipinski definition) is 9. The van der Waals surface area contributed by atoms with E-state index in [2.05, 4.69) is 30.5 Å². The fourth-order valence-electron chi connectivity index (χ4n) is 4.84. The van der Waals surface area contributed by atoms with Crippen molar-refractivity contribution in [1.82, 2.24) is 40.4 Å². The molecule has 6 aromatic rings. The summed E-state index contributed by atoms with van der Waals surface area (Å²) in [4.78, 5) is 35.5. The van der Waals surface area contributed by atoms with E-state index >= 15 is 0 Å². The number of imidazole rings is 1. The number of aromatic nitrogens is 7. The molecule has 10 nitrogen and oxygen atoms in total. The van der Waals surface area contributed by atoms with E-state index in [4.69, 9.17) is 14.7 Å². The van der Waals surface area contributed by atoms with Gasteiger partial charge < -0.3 is 15.0 Å². The zero-order chi connectivity index (χ0) is 26.3. The average Bonchev–Trinajstić information content (AvgIpc) is 3.71. The van der Waals surface area contributed by atoms with Gasteiger partial charge in [0.1, 0.15) is 28.6 Å². The Balaban J connectivity index is 1.25. The molecule has 1 aliphatic heterocycles. The number of ketones is 1. The molecule has 6 aromatic heterocycles. The number of nitrogens with zero attached hydrogens (tertiary/aromatic N) is 5. The van der Waals surface area contributed by atoms with Crippen LogP contribution in [-0.4, -0.2) is 60.1 Å². The van der Waals surface area contributed by atoms with E-state index in [0.717, 1.165) is 64.5 Å². The molecule has 1 aliphatic rings. The van der Waals surface area contributed by atoms with Gasteiger partial charge in [-0.1, -0.05) is 0 Å². The normalized spacial score (nSPS) is 14.3. The second-order valence-corrected chi connectivity index (χ2v) is 10.6. The second kappa shape index (κ2) is 9.68. The number of H-pyrrole nitrogens is 2. The van der Waals surface area contributed by atoms with Gasteiger partial charge in [0, 0.05) is 18.0 Å². The molecule has 194 valence electrons. The fourth-order valence-corrected chi connectivity index (χ4v) is 5.73. The number of piperidine rings is 1. The molecule has 0 aliphatic carbocycles. The summed E-state index contributed by atoms with van der Waals surface area (Å²) in [7, 11) is 0. The van der Waals surface area contributed by atoms with Crippen molar-refractivity contribution < 1.29 is 9.53 Å². The summed E-state index contributed by atoms with van der Waals surface area (Å²) in [6.07, 6.45) is 7.42. The Morgan fingerprint density at radius 3 is 2.72 bits per heavy atom. The van der Waals surface area contributed by atoms with Gasteiger partial charge in [-0.15, -0.1) is 11.3 Å². The van der Waals surface area contributed by atoms with Crippen LogP contribution in [0.2, 0.25) is 0 Å². The minimum atomic E-state index is 0.0320. The minimum absolute atomic E-state index is 0.0320. The van der Waals surface area contributed by atoms with Crippen LogP contribution in [0.1, 0.15) is 29.4 Å². The minimum Gasteiger partial charge on any atom is -0.489 e. The van der Waals surface area contributed by atoms with Crippen LogP contribution in [0.25, 0.3) is 55.4 Å². The SMILES string of the molecule is CC(=O)c1ccc(-c2nccc3[nH]c(-c4n[nH]c5ccc(-c6cncc(OC7CCNCC7)c6)nc45)nc23)s1. The molecule has 0 radical (unpaired) electrons. The molecule has 0 saturated carbocycles. The number of aromatic amines is 2. The summed E-state index contributed by atoms with van der Waals surface area (Å²) in [5.41, 5.74) is 5.99. The van der Waals surface area contributed by atoms with E-state index in [9.17, 15) is 4.79 Å². The van der Waals surface area contributed by atoms with Crippen LogP contribution in [-0.2, 0) is 0 Å². The van der Waals surface area contributed by atoms with Crippen molar-refractivity contribution in [1.29, 1.82) is 0 Å². The number of Topliss-reactive ketones (excluding diaryl/α,β-unsaturated/α-hetero) is 1. The molecule has 7 rings (SSSR count). The Morgan fingerprint density at radius 1 is 1.00 bits per heavy atom. The highest BCUT2D eigenvalue weighted by atomic mass is 32.1. The predicted molar refractivity (Wildman–Crippen MR) is 150 cm³/mol. The average molecular weight is 537 g/mol. The molecule has 0 bridgehead atoms. The molecule has 0 amide bonds. The highest BCUT2D eigenvalue weighted by Gasteiger charge is 2.19. The molecular weight excluding hydrogens is 512 g/mol. The van der Waals surface area contributed by atoms with E-state index < -0.39 is 0 Å². The molecule has 1 saturated heterocycles. The number of thiophene rings is 1. The van der Waals surface area contributed by atoms with Crippen molar-refractivity contribution in [2.75, 3.05) is 13.1 Å². The van der Waals surface area contributed by atoms with E-state index in [0.29, 0.717) is 27.4 Å². The third kappa shape index (κ3) is 4.45. The Hall–Kier alpha value is -4.48. The van der Waals surface area contributed by atoms with Crippen molar-refractivity contribution >= 4 is 39.2 Å². The lowest BCUT2D eigenvalue weighted by Gasteiger charge is -2.23. The number of nitrogens with one attached hydrogen (secondary N) is 3. The highest BCUT2D eigenvalue weighted by Crippen LogP contribution is 2.34. The molecule has 0 unspecified atom stereocenters. The Labute approximate surface area is 226 Å². The summed E-state index contributed by atoms with van der Waals surface area (Å²) in [6.45, 7) is 3.49. The standard InChI is InChI=1S/C28H24N8O2S/c1-15(37)22-4-5-23(39-22)26-24-20(8-11-31-26)33-28(34-24)27-25-21(35-36-27)3-2-19(32-25)16-12-18(14-30-13-16)38-17-6-9-29-10-7-17/h2-5,8,11-14,17,29H,6-7,9-10H2,1H3,(H,33,34)(H,35,36). The lowest BCUT2D eigenvalue weighted by Crippen LogP contribution is -2.34. The first-order chi connectivity index (χ1) is 19.1. The Kier molecular flexibility index (Phi) is 5.86. The van der Waals surface area contributed by atoms with Crippen molar-refractivity contribution in [2.24, 2.45) is 0 Å².